The molecule has 1 saturated heterocycles. The molecule has 7 nitrogen and oxygen atoms in total. The fourth-order valence-corrected chi connectivity index (χ4v) is 5.09. The zero-order valence-electron chi connectivity index (χ0n) is 18.4. The van der Waals surface area contributed by atoms with Crippen LogP contribution in [0.4, 0.5) is 20.6 Å². The second-order valence-corrected chi connectivity index (χ2v) is 9.35. The Labute approximate surface area is 202 Å². The summed E-state index contributed by atoms with van der Waals surface area (Å²) >= 11 is 11.9. The summed E-state index contributed by atoms with van der Waals surface area (Å²) in [5.41, 5.74) is 1.01. The number of hydrogen-bond donors (Lipinski definition) is 2. The monoisotopic (exact) mass is 493 g/mol. The lowest BCUT2D eigenvalue weighted by atomic mass is 9.81. The van der Waals surface area contributed by atoms with Gasteiger partial charge in [-0.25, -0.2) is 14.2 Å². The number of halogens is 3. The topological polar surface area (TPSA) is 77.6 Å². The molecule has 2 fully saturated rings. The van der Waals surface area contributed by atoms with Crippen molar-refractivity contribution in [1.82, 2.24) is 15.2 Å². The summed E-state index contributed by atoms with van der Waals surface area (Å²) in [6.07, 6.45) is 3.29. The van der Waals surface area contributed by atoms with E-state index in [-0.39, 0.29) is 40.0 Å². The van der Waals surface area contributed by atoms with Gasteiger partial charge in [0.05, 0.1) is 12.0 Å². The Bertz CT molecular complexity index is 1020. The van der Waals surface area contributed by atoms with Gasteiger partial charge in [0.2, 0.25) is 5.91 Å². The van der Waals surface area contributed by atoms with Crippen LogP contribution in [-0.4, -0.2) is 47.1 Å². The lowest BCUT2D eigenvalue weighted by molar-refractivity contribution is -0.127. The van der Waals surface area contributed by atoms with Gasteiger partial charge in [0.25, 0.3) is 0 Å². The molecule has 0 radical (unpaired) electrons. The average Bonchev–Trinajstić information content (AvgIpc) is 2.78. The van der Waals surface area contributed by atoms with Gasteiger partial charge >= 0.3 is 6.03 Å². The van der Waals surface area contributed by atoms with Gasteiger partial charge in [0, 0.05) is 24.5 Å². The molecule has 4 unspecified atom stereocenters. The van der Waals surface area contributed by atoms with Crippen LogP contribution in [0.1, 0.15) is 32.6 Å². The molecular formula is C23H26Cl2FN5O2. The van der Waals surface area contributed by atoms with Crippen molar-refractivity contribution in [3.63, 3.8) is 0 Å². The van der Waals surface area contributed by atoms with E-state index >= 15 is 0 Å². The number of aromatic nitrogens is 1. The molecule has 0 bridgehead atoms. The van der Waals surface area contributed by atoms with Crippen molar-refractivity contribution in [2.75, 3.05) is 17.3 Å². The minimum Gasteiger partial charge on any atom is -0.321 e. The maximum Gasteiger partial charge on any atom is 0.321 e. The molecule has 1 aromatic heterocycles. The number of nitrogens with zero attached hydrogens (tertiary/aromatic N) is 3. The molecule has 1 aliphatic carbocycles. The minimum atomic E-state index is -0.484. The number of benzene rings is 1. The fraction of sp³-hybridized carbons (Fsp3) is 0.435. The lowest BCUT2D eigenvalue weighted by Crippen LogP contribution is -2.69. The van der Waals surface area contributed by atoms with Gasteiger partial charge in [0.1, 0.15) is 22.3 Å². The Morgan fingerprint density at radius 1 is 1.21 bits per heavy atom. The van der Waals surface area contributed by atoms with Gasteiger partial charge in [-0.3, -0.25) is 15.0 Å². The highest BCUT2D eigenvalue weighted by atomic mass is 35.5. The molecule has 3 amide bonds. The smallest absolute Gasteiger partial charge is 0.321 e. The minimum absolute atomic E-state index is 0.00316. The first-order chi connectivity index (χ1) is 15.7. The number of nitrogens with one attached hydrogen (secondary N) is 2. The van der Waals surface area contributed by atoms with Crippen LogP contribution in [0.5, 0.6) is 0 Å². The molecule has 176 valence electrons. The first kappa shape index (κ1) is 23.7. The van der Waals surface area contributed by atoms with Crippen LogP contribution in [0.3, 0.4) is 0 Å². The predicted molar refractivity (Wildman–Crippen MR) is 127 cm³/mol. The molecule has 2 aromatic rings. The number of carbonyl (C=O) groups is 2. The highest BCUT2D eigenvalue weighted by Crippen LogP contribution is 2.34. The third-order valence-electron chi connectivity index (χ3n) is 6.49. The highest BCUT2D eigenvalue weighted by molar-refractivity contribution is 6.33. The fourth-order valence-electron chi connectivity index (χ4n) is 4.63. The van der Waals surface area contributed by atoms with Crippen molar-refractivity contribution in [2.45, 2.75) is 50.9 Å². The lowest BCUT2D eigenvalue weighted by Gasteiger charge is -2.49. The van der Waals surface area contributed by atoms with Crippen molar-refractivity contribution in [3.8, 4) is 0 Å². The molecule has 2 N–H and O–H groups in total. The predicted octanol–water partition coefficient (Wildman–Crippen LogP) is 4.90. The van der Waals surface area contributed by atoms with Gasteiger partial charge in [-0.1, -0.05) is 36.0 Å². The third kappa shape index (κ3) is 5.08. The Kier molecular flexibility index (Phi) is 7.07. The first-order valence-electron chi connectivity index (χ1n) is 11.0. The zero-order chi connectivity index (χ0) is 23.7. The van der Waals surface area contributed by atoms with Crippen molar-refractivity contribution in [2.24, 2.45) is 5.92 Å². The normalized spacial score (nSPS) is 23.6. The molecule has 0 spiro atoms. The third-order valence-corrected chi connectivity index (χ3v) is 6.88. The van der Waals surface area contributed by atoms with Crippen molar-refractivity contribution >= 4 is 46.5 Å². The molecule has 10 heteroatoms. The molecule has 2 aliphatic rings. The molecule has 4 atom stereocenters. The largest absolute Gasteiger partial charge is 0.321 e. The number of carbonyl (C=O) groups excluding carboxylic acids is 2. The van der Waals surface area contributed by atoms with Gasteiger partial charge in [-0.2, -0.15) is 0 Å². The van der Waals surface area contributed by atoms with Gasteiger partial charge in [-0.05, 0) is 56.2 Å². The van der Waals surface area contributed by atoms with E-state index in [1.807, 2.05) is 6.92 Å². The van der Waals surface area contributed by atoms with Gasteiger partial charge < -0.3 is 10.2 Å². The van der Waals surface area contributed by atoms with Crippen molar-refractivity contribution in [3.05, 3.63) is 52.5 Å². The van der Waals surface area contributed by atoms with Gasteiger partial charge in [-0.15, -0.1) is 0 Å². The van der Waals surface area contributed by atoms with E-state index in [1.54, 1.807) is 24.1 Å². The van der Waals surface area contributed by atoms with E-state index in [0.29, 0.717) is 11.4 Å². The van der Waals surface area contributed by atoms with Gasteiger partial charge in [0.15, 0.2) is 0 Å². The van der Waals surface area contributed by atoms with Crippen LogP contribution in [0.25, 0.3) is 0 Å². The number of fused-ring (bicyclic) bond motifs is 1. The van der Waals surface area contributed by atoms with Crippen LogP contribution < -0.4 is 15.5 Å². The van der Waals surface area contributed by atoms with E-state index in [2.05, 4.69) is 15.6 Å². The Morgan fingerprint density at radius 3 is 2.52 bits per heavy atom. The second-order valence-electron chi connectivity index (χ2n) is 8.58. The van der Waals surface area contributed by atoms with Crippen LogP contribution in [-0.2, 0) is 4.79 Å². The number of urea groups is 1. The van der Waals surface area contributed by atoms with Crippen LogP contribution in [0, 0.1) is 11.7 Å². The first-order valence-corrected chi connectivity index (χ1v) is 11.7. The number of pyridine rings is 1. The Morgan fingerprint density at radius 2 is 1.85 bits per heavy atom. The van der Waals surface area contributed by atoms with Crippen molar-refractivity contribution in [1.29, 1.82) is 0 Å². The standard InChI is InChI=1S/C23H26Cl2FN5O2/c1-13(30(2)23(33)27-15-11-19(24)29-20(25)12-15)21-28-18-6-4-3-5-17(18)22(32)31(21)16-9-7-14(26)8-10-16/h7-13,17-18,21,28H,3-6H2,1-2H3,(H,27,29,33). The van der Waals surface area contributed by atoms with E-state index in [1.165, 1.54) is 29.2 Å². The SMILES string of the molecule is CC(C1NC2CCCCC2C(=O)N1c1ccc(F)cc1)N(C)C(=O)Nc1cc(Cl)nc(Cl)c1. The van der Waals surface area contributed by atoms with E-state index < -0.39 is 12.2 Å². The summed E-state index contributed by atoms with van der Waals surface area (Å²) < 4.78 is 13.6. The molecular weight excluding hydrogens is 468 g/mol. The summed E-state index contributed by atoms with van der Waals surface area (Å²) in [6, 6.07) is 8.12. The summed E-state index contributed by atoms with van der Waals surface area (Å²) in [4.78, 5) is 33.6. The summed E-state index contributed by atoms with van der Waals surface area (Å²) in [7, 11) is 1.66. The maximum absolute atomic E-state index is 13.6. The number of hydrogen-bond acceptors (Lipinski definition) is 4. The molecule has 4 rings (SSSR count). The van der Waals surface area contributed by atoms with E-state index in [9.17, 15) is 14.0 Å². The molecule has 1 aromatic carbocycles. The molecule has 33 heavy (non-hydrogen) atoms. The number of likely N-dealkylation sites (N-methyl/N-ethyl adjacent to an activating group) is 1. The summed E-state index contributed by atoms with van der Waals surface area (Å²) in [5.74, 6) is -0.502. The van der Waals surface area contributed by atoms with Crippen LogP contribution >= 0.6 is 23.2 Å². The van der Waals surface area contributed by atoms with Crippen LogP contribution in [0.2, 0.25) is 10.3 Å². The quantitative estimate of drug-likeness (QED) is 0.593. The van der Waals surface area contributed by atoms with E-state index in [4.69, 9.17) is 23.2 Å². The second kappa shape index (κ2) is 9.83. The average molecular weight is 494 g/mol. The Balaban J connectivity index is 1.59. The van der Waals surface area contributed by atoms with Crippen molar-refractivity contribution < 1.29 is 14.0 Å². The molecule has 2 heterocycles. The Hall–Kier alpha value is -2.42. The number of anilines is 2. The summed E-state index contributed by atoms with van der Waals surface area (Å²) in [6.45, 7) is 1.87. The summed E-state index contributed by atoms with van der Waals surface area (Å²) in [5, 5.41) is 6.71. The highest BCUT2D eigenvalue weighted by Gasteiger charge is 2.45. The van der Waals surface area contributed by atoms with Crippen LogP contribution in [0.15, 0.2) is 36.4 Å². The maximum atomic E-state index is 13.6. The number of rotatable bonds is 4. The molecule has 1 saturated carbocycles. The number of amides is 3. The zero-order valence-corrected chi connectivity index (χ0v) is 19.9. The van der Waals surface area contributed by atoms with E-state index in [0.717, 1.165) is 25.7 Å². The molecule has 1 aliphatic heterocycles.